The first-order chi connectivity index (χ1) is 9.15. The Balaban J connectivity index is 2.36. The molecule has 0 saturated carbocycles. The summed E-state index contributed by atoms with van der Waals surface area (Å²) < 4.78 is 6.69. The Morgan fingerprint density at radius 1 is 1.26 bits per heavy atom. The van der Waals surface area contributed by atoms with Gasteiger partial charge >= 0.3 is 0 Å². The second kappa shape index (κ2) is 6.55. The van der Waals surface area contributed by atoms with E-state index in [0.29, 0.717) is 6.61 Å². The van der Waals surface area contributed by atoms with Gasteiger partial charge in [-0.15, -0.1) is 11.3 Å². The first-order valence-electron chi connectivity index (χ1n) is 6.42. The van der Waals surface area contributed by atoms with Crippen LogP contribution in [-0.4, -0.2) is 6.61 Å². The molecule has 19 heavy (non-hydrogen) atoms. The van der Waals surface area contributed by atoms with Crippen LogP contribution in [-0.2, 0) is 6.42 Å². The van der Waals surface area contributed by atoms with E-state index in [1.807, 2.05) is 25.1 Å². The quantitative estimate of drug-likeness (QED) is 0.869. The standard InChI is InChI=1S/C15H18BrNOS/c1-3-11-6-8-14(19-11)15(17)12-9-10(16)5-7-13(12)18-4-2/h5-9,15H,3-4,17H2,1-2H3. The lowest BCUT2D eigenvalue weighted by atomic mass is 10.1. The van der Waals surface area contributed by atoms with Crippen molar-refractivity contribution in [3.05, 3.63) is 50.1 Å². The van der Waals surface area contributed by atoms with Crippen LogP contribution >= 0.6 is 27.3 Å². The molecular formula is C15H18BrNOS. The number of hydrogen-bond acceptors (Lipinski definition) is 3. The first kappa shape index (κ1) is 14.6. The molecule has 2 nitrogen and oxygen atoms in total. The molecule has 4 heteroatoms. The summed E-state index contributed by atoms with van der Waals surface area (Å²) in [4.78, 5) is 2.54. The Bertz CT molecular complexity index is 553. The van der Waals surface area contributed by atoms with E-state index in [-0.39, 0.29) is 6.04 Å². The normalized spacial score (nSPS) is 12.4. The number of hydrogen-bond donors (Lipinski definition) is 1. The molecule has 0 spiro atoms. The zero-order chi connectivity index (χ0) is 13.8. The summed E-state index contributed by atoms with van der Waals surface area (Å²) in [6.45, 7) is 4.79. The molecule has 2 N–H and O–H groups in total. The summed E-state index contributed by atoms with van der Waals surface area (Å²) in [5.41, 5.74) is 7.42. The minimum Gasteiger partial charge on any atom is -0.494 e. The Morgan fingerprint density at radius 3 is 2.68 bits per heavy atom. The zero-order valence-corrected chi connectivity index (χ0v) is 13.6. The molecule has 1 aromatic carbocycles. The van der Waals surface area contributed by atoms with Crippen LogP contribution in [0.1, 0.15) is 35.2 Å². The van der Waals surface area contributed by atoms with Crippen molar-refractivity contribution in [3.8, 4) is 5.75 Å². The third kappa shape index (κ3) is 3.38. The van der Waals surface area contributed by atoms with E-state index in [0.717, 1.165) is 22.2 Å². The Morgan fingerprint density at radius 2 is 2.05 bits per heavy atom. The first-order valence-corrected chi connectivity index (χ1v) is 8.03. The summed E-state index contributed by atoms with van der Waals surface area (Å²) in [5.74, 6) is 0.865. The smallest absolute Gasteiger partial charge is 0.124 e. The van der Waals surface area contributed by atoms with Gasteiger partial charge < -0.3 is 10.5 Å². The van der Waals surface area contributed by atoms with Crippen LogP contribution in [0.15, 0.2) is 34.8 Å². The summed E-state index contributed by atoms with van der Waals surface area (Å²) in [6, 6.07) is 10.1. The number of benzene rings is 1. The lowest BCUT2D eigenvalue weighted by molar-refractivity contribution is 0.335. The van der Waals surface area contributed by atoms with Crippen LogP contribution in [0.4, 0.5) is 0 Å². The highest BCUT2D eigenvalue weighted by atomic mass is 79.9. The number of halogens is 1. The molecule has 0 amide bonds. The molecule has 0 radical (unpaired) electrons. The number of thiophene rings is 1. The van der Waals surface area contributed by atoms with E-state index in [2.05, 4.69) is 35.0 Å². The number of aryl methyl sites for hydroxylation is 1. The van der Waals surface area contributed by atoms with Crippen LogP contribution in [0.25, 0.3) is 0 Å². The van der Waals surface area contributed by atoms with Gasteiger partial charge in [-0.1, -0.05) is 22.9 Å². The molecule has 2 rings (SSSR count). The van der Waals surface area contributed by atoms with Gasteiger partial charge in [-0.2, -0.15) is 0 Å². The third-order valence-corrected chi connectivity index (χ3v) is 4.75. The van der Waals surface area contributed by atoms with E-state index in [1.165, 1.54) is 9.75 Å². The van der Waals surface area contributed by atoms with Crippen molar-refractivity contribution in [2.24, 2.45) is 5.73 Å². The van der Waals surface area contributed by atoms with E-state index >= 15 is 0 Å². The van der Waals surface area contributed by atoms with Crippen molar-refractivity contribution in [2.75, 3.05) is 6.61 Å². The Kier molecular flexibility index (Phi) is 5.02. The summed E-state index contributed by atoms with van der Waals surface area (Å²) in [5, 5.41) is 0. The molecule has 0 aliphatic heterocycles. The lowest BCUT2D eigenvalue weighted by Crippen LogP contribution is -2.12. The highest BCUT2D eigenvalue weighted by Crippen LogP contribution is 2.34. The predicted octanol–water partition coefficient (Wildman–Crippen LogP) is 4.52. The molecule has 0 aliphatic rings. The SMILES string of the molecule is CCOc1ccc(Br)cc1C(N)c1ccc(CC)s1. The van der Waals surface area contributed by atoms with Gasteiger partial charge in [0, 0.05) is 19.8 Å². The van der Waals surface area contributed by atoms with Gasteiger partial charge in [0.25, 0.3) is 0 Å². The number of nitrogens with two attached hydrogens (primary N) is 1. The Hall–Kier alpha value is -0.840. The minimum absolute atomic E-state index is 0.135. The molecule has 1 unspecified atom stereocenters. The molecule has 1 aromatic heterocycles. The predicted molar refractivity (Wildman–Crippen MR) is 85.0 cm³/mol. The fourth-order valence-electron chi connectivity index (χ4n) is 1.95. The van der Waals surface area contributed by atoms with Crippen LogP contribution in [0.2, 0.25) is 0 Å². The lowest BCUT2D eigenvalue weighted by Gasteiger charge is -2.16. The highest BCUT2D eigenvalue weighted by molar-refractivity contribution is 9.10. The van der Waals surface area contributed by atoms with Crippen LogP contribution in [0.3, 0.4) is 0 Å². The molecule has 1 heterocycles. The van der Waals surface area contributed by atoms with Crippen LogP contribution in [0, 0.1) is 0 Å². The van der Waals surface area contributed by atoms with E-state index < -0.39 is 0 Å². The topological polar surface area (TPSA) is 35.2 Å². The second-order valence-electron chi connectivity index (χ2n) is 4.25. The molecule has 102 valence electrons. The summed E-state index contributed by atoms with van der Waals surface area (Å²) >= 11 is 5.27. The van der Waals surface area contributed by atoms with Gasteiger partial charge in [0.05, 0.1) is 12.6 Å². The van der Waals surface area contributed by atoms with Gasteiger partial charge in [0.15, 0.2) is 0 Å². The van der Waals surface area contributed by atoms with Crippen molar-refractivity contribution in [2.45, 2.75) is 26.3 Å². The van der Waals surface area contributed by atoms with Gasteiger partial charge in [0.1, 0.15) is 5.75 Å². The third-order valence-electron chi connectivity index (χ3n) is 2.94. The maximum Gasteiger partial charge on any atom is 0.124 e. The monoisotopic (exact) mass is 339 g/mol. The van der Waals surface area contributed by atoms with E-state index in [4.69, 9.17) is 10.5 Å². The van der Waals surface area contributed by atoms with E-state index in [9.17, 15) is 0 Å². The fourth-order valence-corrected chi connectivity index (χ4v) is 3.31. The average Bonchev–Trinajstić information content (AvgIpc) is 2.89. The van der Waals surface area contributed by atoms with Crippen molar-refractivity contribution < 1.29 is 4.74 Å². The number of ether oxygens (including phenoxy) is 1. The molecular weight excluding hydrogens is 322 g/mol. The van der Waals surface area contributed by atoms with Crippen LogP contribution < -0.4 is 10.5 Å². The minimum atomic E-state index is -0.135. The van der Waals surface area contributed by atoms with Gasteiger partial charge in [-0.3, -0.25) is 0 Å². The van der Waals surface area contributed by atoms with Crippen molar-refractivity contribution >= 4 is 27.3 Å². The van der Waals surface area contributed by atoms with Gasteiger partial charge in [0.2, 0.25) is 0 Å². The highest BCUT2D eigenvalue weighted by Gasteiger charge is 2.16. The maximum atomic E-state index is 6.39. The largest absolute Gasteiger partial charge is 0.494 e. The van der Waals surface area contributed by atoms with Crippen molar-refractivity contribution in [1.29, 1.82) is 0 Å². The molecule has 0 aliphatic carbocycles. The summed E-state index contributed by atoms with van der Waals surface area (Å²) in [7, 11) is 0. The van der Waals surface area contributed by atoms with E-state index in [1.54, 1.807) is 11.3 Å². The maximum absolute atomic E-state index is 6.39. The number of rotatable bonds is 5. The van der Waals surface area contributed by atoms with Crippen molar-refractivity contribution in [3.63, 3.8) is 0 Å². The Labute approximate surface area is 126 Å². The second-order valence-corrected chi connectivity index (χ2v) is 6.37. The van der Waals surface area contributed by atoms with Crippen molar-refractivity contribution in [1.82, 2.24) is 0 Å². The van der Waals surface area contributed by atoms with Crippen LogP contribution in [0.5, 0.6) is 5.75 Å². The molecule has 0 fully saturated rings. The fraction of sp³-hybridized carbons (Fsp3) is 0.333. The molecule has 2 aromatic rings. The summed E-state index contributed by atoms with van der Waals surface area (Å²) in [6.07, 6.45) is 1.05. The molecule has 0 saturated heterocycles. The molecule has 1 atom stereocenters. The zero-order valence-electron chi connectivity index (χ0n) is 11.2. The molecule has 0 bridgehead atoms. The average molecular weight is 340 g/mol. The van der Waals surface area contributed by atoms with Gasteiger partial charge in [-0.25, -0.2) is 0 Å². The van der Waals surface area contributed by atoms with Gasteiger partial charge in [-0.05, 0) is 43.7 Å².